The summed E-state index contributed by atoms with van der Waals surface area (Å²) in [5, 5.41) is 4.42. The highest BCUT2D eigenvalue weighted by atomic mass is 16.2. The average molecular weight is 296 g/mol. The molecule has 2 unspecified atom stereocenters. The monoisotopic (exact) mass is 296 g/mol. The molecule has 1 saturated carbocycles. The van der Waals surface area contributed by atoms with E-state index in [0.717, 1.165) is 36.5 Å². The molecule has 3 heterocycles. The molecule has 1 aliphatic heterocycles. The van der Waals surface area contributed by atoms with Crippen LogP contribution in [-0.2, 0) is 6.42 Å². The lowest BCUT2D eigenvalue weighted by molar-refractivity contribution is 0.0702. The summed E-state index contributed by atoms with van der Waals surface area (Å²) < 4.78 is 1.79. The number of carbonyl (C=O) groups excluding carboxylic acids is 1. The van der Waals surface area contributed by atoms with E-state index in [4.69, 9.17) is 0 Å². The molecule has 4 rings (SSSR count). The molecule has 1 amide bonds. The van der Waals surface area contributed by atoms with Gasteiger partial charge < -0.3 is 4.90 Å². The van der Waals surface area contributed by atoms with Crippen LogP contribution in [0.15, 0.2) is 30.6 Å². The van der Waals surface area contributed by atoms with E-state index in [1.54, 1.807) is 17.1 Å². The molecule has 1 saturated heterocycles. The SMILES string of the molecule is CCc1c(C(=O)N2CC3CCC2C3)cnn1-c1ccccn1. The maximum atomic E-state index is 12.9. The van der Waals surface area contributed by atoms with Crippen molar-refractivity contribution in [3.63, 3.8) is 0 Å². The van der Waals surface area contributed by atoms with E-state index in [-0.39, 0.29) is 5.91 Å². The predicted molar refractivity (Wildman–Crippen MR) is 82.9 cm³/mol. The summed E-state index contributed by atoms with van der Waals surface area (Å²) in [6.45, 7) is 2.98. The number of likely N-dealkylation sites (tertiary alicyclic amines) is 1. The molecule has 2 atom stereocenters. The van der Waals surface area contributed by atoms with Gasteiger partial charge in [0.25, 0.3) is 5.91 Å². The first kappa shape index (κ1) is 13.5. The van der Waals surface area contributed by atoms with Crippen LogP contribution in [0.25, 0.3) is 5.82 Å². The van der Waals surface area contributed by atoms with Gasteiger partial charge in [0.1, 0.15) is 0 Å². The fraction of sp³-hybridized carbons (Fsp3) is 0.471. The van der Waals surface area contributed by atoms with Crippen molar-refractivity contribution in [2.45, 2.75) is 38.6 Å². The minimum atomic E-state index is 0.145. The molecule has 2 bridgehead atoms. The first-order valence-electron chi connectivity index (χ1n) is 8.07. The summed E-state index contributed by atoms with van der Waals surface area (Å²) in [4.78, 5) is 19.3. The summed E-state index contributed by atoms with van der Waals surface area (Å²) >= 11 is 0. The number of hydrogen-bond acceptors (Lipinski definition) is 3. The number of piperidine rings is 1. The summed E-state index contributed by atoms with van der Waals surface area (Å²) in [7, 11) is 0. The molecule has 0 N–H and O–H groups in total. The first-order valence-corrected chi connectivity index (χ1v) is 8.07. The Morgan fingerprint density at radius 1 is 1.36 bits per heavy atom. The fourth-order valence-electron chi connectivity index (χ4n) is 3.90. The van der Waals surface area contributed by atoms with E-state index in [0.29, 0.717) is 12.0 Å². The van der Waals surface area contributed by atoms with Crippen LogP contribution in [0.3, 0.4) is 0 Å². The van der Waals surface area contributed by atoms with Crippen molar-refractivity contribution in [3.8, 4) is 5.82 Å². The van der Waals surface area contributed by atoms with Gasteiger partial charge in [-0.25, -0.2) is 9.67 Å². The zero-order valence-corrected chi connectivity index (χ0v) is 12.8. The van der Waals surface area contributed by atoms with Crippen LogP contribution in [0.1, 0.15) is 42.2 Å². The van der Waals surface area contributed by atoms with Crippen molar-refractivity contribution in [3.05, 3.63) is 41.9 Å². The van der Waals surface area contributed by atoms with Crippen molar-refractivity contribution >= 4 is 5.91 Å². The summed E-state index contributed by atoms with van der Waals surface area (Å²) in [6, 6.07) is 6.18. The molecule has 22 heavy (non-hydrogen) atoms. The second-order valence-corrected chi connectivity index (χ2v) is 6.25. The van der Waals surface area contributed by atoms with E-state index < -0.39 is 0 Å². The second kappa shape index (κ2) is 5.23. The van der Waals surface area contributed by atoms with E-state index in [1.807, 2.05) is 18.2 Å². The number of hydrogen-bond donors (Lipinski definition) is 0. The Kier molecular flexibility index (Phi) is 3.21. The molecule has 0 aromatic carbocycles. The quantitative estimate of drug-likeness (QED) is 0.874. The molecule has 0 spiro atoms. The van der Waals surface area contributed by atoms with Crippen molar-refractivity contribution in [1.29, 1.82) is 0 Å². The van der Waals surface area contributed by atoms with Gasteiger partial charge in [0, 0.05) is 18.8 Å². The van der Waals surface area contributed by atoms with Crippen molar-refractivity contribution < 1.29 is 4.79 Å². The van der Waals surface area contributed by atoms with Gasteiger partial charge in [-0.15, -0.1) is 0 Å². The number of pyridine rings is 1. The molecule has 2 aromatic heterocycles. The first-order chi connectivity index (χ1) is 10.8. The van der Waals surface area contributed by atoms with Gasteiger partial charge in [-0.05, 0) is 43.7 Å². The van der Waals surface area contributed by atoms with Crippen molar-refractivity contribution in [2.24, 2.45) is 5.92 Å². The average Bonchev–Trinajstić information content (AvgIpc) is 3.29. The number of rotatable bonds is 3. The third-order valence-electron chi connectivity index (χ3n) is 4.97. The van der Waals surface area contributed by atoms with Crippen LogP contribution in [0.4, 0.5) is 0 Å². The second-order valence-electron chi connectivity index (χ2n) is 6.25. The fourth-order valence-corrected chi connectivity index (χ4v) is 3.90. The Hall–Kier alpha value is -2.17. The molecule has 114 valence electrons. The number of aromatic nitrogens is 3. The molecule has 2 fully saturated rings. The molecule has 2 aromatic rings. The maximum Gasteiger partial charge on any atom is 0.257 e. The van der Waals surface area contributed by atoms with Gasteiger partial charge in [0.15, 0.2) is 5.82 Å². The van der Waals surface area contributed by atoms with Gasteiger partial charge in [-0.1, -0.05) is 13.0 Å². The van der Waals surface area contributed by atoms with Crippen LogP contribution in [0, 0.1) is 5.92 Å². The highest BCUT2D eigenvalue weighted by molar-refractivity contribution is 5.95. The Labute approximate surface area is 130 Å². The maximum absolute atomic E-state index is 12.9. The van der Waals surface area contributed by atoms with Gasteiger partial charge in [0.05, 0.1) is 17.5 Å². The van der Waals surface area contributed by atoms with E-state index in [2.05, 4.69) is 21.9 Å². The van der Waals surface area contributed by atoms with Crippen LogP contribution in [0.2, 0.25) is 0 Å². The zero-order valence-electron chi connectivity index (χ0n) is 12.8. The minimum Gasteiger partial charge on any atom is -0.335 e. The largest absolute Gasteiger partial charge is 0.335 e. The minimum absolute atomic E-state index is 0.145. The number of nitrogens with zero attached hydrogens (tertiary/aromatic N) is 4. The molecule has 0 radical (unpaired) electrons. The van der Waals surface area contributed by atoms with Crippen molar-refractivity contribution in [1.82, 2.24) is 19.7 Å². The van der Waals surface area contributed by atoms with Crippen molar-refractivity contribution in [2.75, 3.05) is 6.54 Å². The molecule has 5 heteroatoms. The summed E-state index contributed by atoms with van der Waals surface area (Å²) in [5.41, 5.74) is 1.69. The number of carbonyl (C=O) groups is 1. The van der Waals surface area contributed by atoms with Gasteiger partial charge >= 0.3 is 0 Å². The van der Waals surface area contributed by atoms with Crippen LogP contribution in [0.5, 0.6) is 0 Å². The third-order valence-corrected chi connectivity index (χ3v) is 4.97. The molecular formula is C17H20N4O. The Morgan fingerprint density at radius 2 is 2.27 bits per heavy atom. The van der Waals surface area contributed by atoms with E-state index in [1.165, 1.54) is 12.8 Å². The van der Waals surface area contributed by atoms with Crippen LogP contribution >= 0.6 is 0 Å². The normalized spacial score (nSPS) is 23.2. The highest BCUT2D eigenvalue weighted by Gasteiger charge is 2.41. The predicted octanol–water partition coefficient (Wildman–Crippen LogP) is 2.45. The standard InChI is InChI=1S/C17H20N4O/c1-2-15-14(10-19-21(15)16-5-3-4-8-18-16)17(22)20-11-12-6-7-13(20)9-12/h3-5,8,10,12-13H,2,6-7,9,11H2,1H3. The molecular weight excluding hydrogens is 276 g/mol. The number of fused-ring (bicyclic) bond motifs is 2. The molecule has 1 aliphatic carbocycles. The Bertz CT molecular complexity index is 694. The highest BCUT2D eigenvalue weighted by Crippen LogP contribution is 2.38. The Morgan fingerprint density at radius 3 is 2.91 bits per heavy atom. The van der Waals surface area contributed by atoms with E-state index >= 15 is 0 Å². The van der Waals surface area contributed by atoms with Gasteiger partial charge in [-0.2, -0.15) is 5.10 Å². The lowest BCUT2D eigenvalue weighted by atomic mass is 10.1. The smallest absolute Gasteiger partial charge is 0.257 e. The topological polar surface area (TPSA) is 51.0 Å². The van der Waals surface area contributed by atoms with Crippen LogP contribution in [-0.4, -0.2) is 38.2 Å². The lowest BCUT2D eigenvalue weighted by Crippen LogP contribution is -2.38. The molecule has 5 nitrogen and oxygen atoms in total. The Balaban J connectivity index is 1.68. The molecule has 2 aliphatic rings. The van der Waals surface area contributed by atoms with Crippen LogP contribution < -0.4 is 0 Å². The summed E-state index contributed by atoms with van der Waals surface area (Å²) in [6.07, 6.45) is 7.84. The lowest BCUT2D eigenvalue weighted by Gasteiger charge is -2.27. The number of amides is 1. The van der Waals surface area contributed by atoms with Gasteiger partial charge in [0.2, 0.25) is 0 Å². The van der Waals surface area contributed by atoms with Gasteiger partial charge in [-0.3, -0.25) is 4.79 Å². The van der Waals surface area contributed by atoms with E-state index in [9.17, 15) is 4.79 Å². The third kappa shape index (κ3) is 2.03. The summed E-state index contributed by atoms with van der Waals surface area (Å²) in [5.74, 6) is 1.62. The zero-order chi connectivity index (χ0) is 15.1.